The molecule has 7 atom stereocenters. The average molecular weight is 589 g/mol. The van der Waals surface area contributed by atoms with Crippen molar-refractivity contribution in [1.82, 2.24) is 9.97 Å². The molecule has 0 amide bonds. The van der Waals surface area contributed by atoms with E-state index in [0.717, 1.165) is 37.4 Å². The maximum atomic E-state index is 14.5. The van der Waals surface area contributed by atoms with Crippen molar-refractivity contribution in [2.24, 2.45) is 28.6 Å². The van der Waals surface area contributed by atoms with Gasteiger partial charge in [-0.1, -0.05) is 37.8 Å². The van der Waals surface area contributed by atoms with Crippen LogP contribution < -0.4 is 0 Å². The first-order valence-corrected chi connectivity index (χ1v) is 15.8. The third-order valence-corrected chi connectivity index (χ3v) is 12.0. The number of carbonyl (C=O) groups is 2. The topological polar surface area (TPSA) is 116 Å². The van der Waals surface area contributed by atoms with Crippen LogP contribution in [0.2, 0.25) is 0 Å². The number of ketones is 1. The van der Waals surface area contributed by atoms with E-state index >= 15 is 0 Å². The lowest BCUT2D eigenvalue weighted by atomic mass is 9.45. The average Bonchev–Trinajstić information content (AvgIpc) is 3.70. The maximum absolute atomic E-state index is 14.5. The second-order valence-corrected chi connectivity index (χ2v) is 13.9. The van der Waals surface area contributed by atoms with Crippen LogP contribution in [0.4, 0.5) is 0 Å². The minimum atomic E-state index is -1.22. The smallest absolute Gasteiger partial charge is 0.233 e. The van der Waals surface area contributed by atoms with Gasteiger partial charge in [0.2, 0.25) is 11.0 Å². The summed E-state index contributed by atoms with van der Waals surface area (Å²) in [5.41, 5.74) is 0.210. The fraction of sp³-hybridized carbons (Fsp3) is 0.515. The standard InChI is InChI=1S/C33H36N2O6S/c1-19(25-7-5-15-39-25)41-33(30(38)42-18-27-35-29-26(40-27)6-4-14-34-29)13-11-23-22-9-8-20-16-21(36)10-12-31(20,2)28(22)24(37)17-32(23,33)3/h4-7,14-16,22-24,28,37H,1,8-13,17-18H2,2-3H3/t22?,23?,24-,28?,31?,32?,33-/m0/s1. The van der Waals surface area contributed by atoms with Crippen molar-refractivity contribution in [2.75, 3.05) is 0 Å². The Morgan fingerprint density at radius 2 is 2.07 bits per heavy atom. The summed E-state index contributed by atoms with van der Waals surface area (Å²) in [4.78, 5) is 35.5. The molecule has 0 spiro atoms. The van der Waals surface area contributed by atoms with Crippen molar-refractivity contribution in [1.29, 1.82) is 0 Å². The highest BCUT2D eigenvalue weighted by molar-refractivity contribution is 8.13. The van der Waals surface area contributed by atoms with Gasteiger partial charge in [0, 0.05) is 18.0 Å². The van der Waals surface area contributed by atoms with Crippen molar-refractivity contribution in [2.45, 2.75) is 76.3 Å². The van der Waals surface area contributed by atoms with Gasteiger partial charge in [0.25, 0.3) is 0 Å². The molecule has 3 aromatic heterocycles. The monoisotopic (exact) mass is 588 g/mol. The van der Waals surface area contributed by atoms with Gasteiger partial charge in [0.1, 0.15) is 0 Å². The zero-order chi connectivity index (χ0) is 29.3. The number of aliphatic hydroxyl groups excluding tert-OH is 1. The lowest BCUT2D eigenvalue weighted by molar-refractivity contribution is -0.173. The van der Waals surface area contributed by atoms with Gasteiger partial charge in [-0.2, -0.15) is 4.98 Å². The number of nitrogens with zero attached hydrogens (tertiary/aromatic N) is 2. The first-order chi connectivity index (χ1) is 20.1. The number of aliphatic hydroxyl groups is 1. The number of hydrogen-bond donors (Lipinski definition) is 1. The van der Waals surface area contributed by atoms with Crippen LogP contribution in [0.15, 0.2) is 63.8 Å². The summed E-state index contributed by atoms with van der Waals surface area (Å²) in [6, 6.07) is 7.14. The number of fused-ring (bicyclic) bond motifs is 6. The fourth-order valence-corrected chi connectivity index (χ4v) is 10.0. The lowest BCUT2D eigenvalue weighted by Crippen LogP contribution is -2.62. The van der Waals surface area contributed by atoms with Crippen LogP contribution >= 0.6 is 11.8 Å². The zero-order valence-electron chi connectivity index (χ0n) is 24.0. The first-order valence-electron chi connectivity index (χ1n) is 14.9. The van der Waals surface area contributed by atoms with E-state index in [2.05, 4.69) is 30.4 Å². The van der Waals surface area contributed by atoms with Crippen LogP contribution in [0.5, 0.6) is 0 Å². The van der Waals surface area contributed by atoms with Crippen LogP contribution in [0.25, 0.3) is 17.0 Å². The number of oxazole rings is 1. The molecule has 8 nitrogen and oxygen atoms in total. The van der Waals surface area contributed by atoms with Crippen LogP contribution in [0, 0.1) is 28.6 Å². The highest BCUT2D eigenvalue weighted by Gasteiger charge is 2.70. The van der Waals surface area contributed by atoms with Crippen molar-refractivity contribution < 1.29 is 28.3 Å². The van der Waals surface area contributed by atoms with Crippen molar-refractivity contribution in [3.8, 4) is 0 Å². The summed E-state index contributed by atoms with van der Waals surface area (Å²) in [6.45, 7) is 8.52. The second kappa shape index (κ2) is 9.95. The summed E-state index contributed by atoms with van der Waals surface area (Å²) in [6.07, 6.45) is 9.23. The molecular weight excluding hydrogens is 552 g/mol. The number of pyridine rings is 1. The Labute approximate surface area is 249 Å². The molecule has 0 saturated heterocycles. The molecule has 3 saturated carbocycles. The normalized spacial score (nSPS) is 35.7. The lowest BCUT2D eigenvalue weighted by Gasteiger charge is -2.60. The van der Waals surface area contributed by atoms with Crippen molar-refractivity contribution >= 4 is 39.6 Å². The van der Waals surface area contributed by atoms with Crippen LogP contribution in [0.1, 0.15) is 70.4 Å². The molecule has 4 aliphatic carbocycles. The van der Waals surface area contributed by atoms with Gasteiger partial charge in [0.05, 0.1) is 18.1 Å². The number of allylic oxidation sites excluding steroid dienone is 1. The molecule has 0 aromatic carbocycles. The highest BCUT2D eigenvalue weighted by atomic mass is 32.2. The number of furan rings is 1. The third kappa shape index (κ3) is 4.07. The van der Waals surface area contributed by atoms with E-state index in [0.29, 0.717) is 47.9 Å². The largest absolute Gasteiger partial charge is 0.475 e. The molecule has 7 rings (SSSR count). The third-order valence-electron chi connectivity index (χ3n) is 11.0. The zero-order valence-corrected chi connectivity index (χ0v) is 24.8. The number of hydrogen-bond acceptors (Lipinski definition) is 9. The van der Waals surface area contributed by atoms with Crippen LogP contribution in [0.3, 0.4) is 0 Å². The molecule has 0 aliphatic heterocycles. The summed E-state index contributed by atoms with van der Waals surface area (Å²) >= 11 is 1.13. The molecule has 42 heavy (non-hydrogen) atoms. The number of ether oxygens (including phenoxy) is 1. The molecule has 3 aromatic rings. The molecule has 3 fully saturated rings. The maximum Gasteiger partial charge on any atom is 0.233 e. The van der Waals surface area contributed by atoms with Gasteiger partial charge in [-0.05, 0) is 92.0 Å². The van der Waals surface area contributed by atoms with Gasteiger partial charge >= 0.3 is 0 Å². The van der Waals surface area contributed by atoms with Gasteiger partial charge in [-0.3, -0.25) is 9.59 Å². The predicted molar refractivity (Wildman–Crippen MR) is 158 cm³/mol. The Bertz CT molecular complexity index is 1560. The second-order valence-electron chi connectivity index (χ2n) is 13.0. The van der Waals surface area contributed by atoms with E-state index in [4.69, 9.17) is 13.6 Å². The first kappa shape index (κ1) is 27.7. The van der Waals surface area contributed by atoms with Gasteiger partial charge < -0.3 is 18.7 Å². The number of aromatic nitrogens is 2. The van der Waals surface area contributed by atoms with E-state index in [1.807, 2.05) is 6.08 Å². The minimum Gasteiger partial charge on any atom is -0.475 e. The van der Waals surface area contributed by atoms with Gasteiger partial charge in [0.15, 0.2) is 34.1 Å². The molecule has 0 radical (unpaired) electrons. The van der Waals surface area contributed by atoms with E-state index in [1.165, 1.54) is 5.57 Å². The van der Waals surface area contributed by atoms with E-state index in [1.54, 1.807) is 36.7 Å². The molecule has 4 aliphatic rings. The molecular formula is C33H36N2O6S. The summed E-state index contributed by atoms with van der Waals surface area (Å²) in [5, 5.41) is 11.8. The Morgan fingerprint density at radius 1 is 1.21 bits per heavy atom. The SMILES string of the molecule is C=C(O[C@]1(C(=O)SCc2nc3ncccc3o2)CCC2C3CCC4=CC(=O)CCC4(C)C3[C@@H](O)CC21C)c1ccco1. The molecule has 0 bridgehead atoms. The molecule has 1 N–H and O–H groups in total. The summed E-state index contributed by atoms with van der Waals surface area (Å²) in [5.74, 6) is 2.08. The Kier molecular flexibility index (Phi) is 6.55. The molecule has 3 heterocycles. The molecule has 9 heteroatoms. The number of carbonyl (C=O) groups excluding carboxylic acids is 2. The highest BCUT2D eigenvalue weighted by Crippen LogP contribution is 2.69. The Hall–Kier alpha value is -3.17. The summed E-state index contributed by atoms with van der Waals surface area (Å²) in [7, 11) is 0. The van der Waals surface area contributed by atoms with Crippen LogP contribution in [-0.2, 0) is 20.1 Å². The number of rotatable bonds is 6. The predicted octanol–water partition coefficient (Wildman–Crippen LogP) is 6.50. The molecule has 5 unspecified atom stereocenters. The van der Waals surface area contributed by atoms with Crippen molar-refractivity contribution in [3.05, 3.63) is 66.6 Å². The Balaban J connectivity index is 1.22. The van der Waals surface area contributed by atoms with E-state index in [9.17, 15) is 14.7 Å². The number of thioether (sulfide) groups is 1. The van der Waals surface area contributed by atoms with Crippen LogP contribution in [-0.4, -0.2) is 37.7 Å². The van der Waals surface area contributed by atoms with E-state index in [-0.39, 0.29) is 39.8 Å². The quantitative estimate of drug-likeness (QED) is 0.322. The van der Waals surface area contributed by atoms with Gasteiger partial charge in [-0.15, -0.1) is 0 Å². The Morgan fingerprint density at radius 3 is 2.86 bits per heavy atom. The van der Waals surface area contributed by atoms with Gasteiger partial charge in [-0.25, -0.2) is 4.98 Å². The summed E-state index contributed by atoms with van der Waals surface area (Å²) < 4.78 is 18.2. The minimum absolute atomic E-state index is 0.0442. The fourth-order valence-electron chi connectivity index (χ4n) is 9.04. The van der Waals surface area contributed by atoms with E-state index < -0.39 is 17.1 Å². The molecule has 220 valence electrons. The van der Waals surface area contributed by atoms with Crippen molar-refractivity contribution in [3.63, 3.8) is 0 Å².